The second-order valence-electron chi connectivity index (χ2n) is 4.60. The lowest BCUT2D eigenvalue weighted by molar-refractivity contribution is 0.385. The molecule has 3 aromatic rings. The minimum Gasteiger partial charge on any atom is -0.399 e. The first-order chi connectivity index (χ1) is 9.72. The summed E-state index contributed by atoms with van der Waals surface area (Å²) >= 11 is 0. The van der Waals surface area contributed by atoms with E-state index in [2.05, 4.69) is 15.1 Å². The number of hydrogen-bond donors (Lipinski definition) is 1. The summed E-state index contributed by atoms with van der Waals surface area (Å²) in [5.74, 6) is 1.07. The highest BCUT2D eigenvalue weighted by molar-refractivity contribution is 5.53. The van der Waals surface area contributed by atoms with Gasteiger partial charge in [-0.3, -0.25) is 4.98 Å². The Balaban J connectivity index is 1.86. The Kier molecular flexibility index (Phi) is 3.16. The second-order valence-corrected chi connectivity index (χ2v) is 4.60. The predicted octanol–water partition coefficient (Wildman–Crippen LogP) is 2.61. The molecule has 20 heavy (non-hydrogen) atoms. The molecule has 2 aromatic heterocycles. The Bertz CT molecular complexity index is 736. The Morgan fingerprint density at radius 3 is 2.90 bits per heavy atom. The van der Waals surface area contributed by atoms with Crippen molar-refractivity contribution in [3.8, 4) is 11.5 Å². The summed E-state index contributed by atoms with van der Waals surface area (Å²) in [6, 6.07) is 11.5. The first-order valence-corrected chi connectivity index (χ1v) is 6.31. The third-order valence-corrected chi connectivity index (χ3v) is 3.00. The van der Waals surface area contributed by atoms with Gasteiger partial charge in [0.05, 0.1) is 6.42 Å². The zero-order valence-corrected chi connectivity index (χ0v) is 11.1. The maximum Gasteiger partial charge on any atom is 0.231 e. The van der Waals surface area contributed by atoms with E-state index in [9.17, 15) is 0 Å². The van der Waals surface area contributed by atoms with Gasteiger partial charge in [-0.05, 0) is 36.2 Å². The molecule has 0 aliphatic heterocycles. The van der Waals surface area contributed by atoms with Gasteiger partial charge in [0.2, 0.25) is 11.7 Å². The smallest absolute Gasteiger partial charge is 0.231 e. The molecule has 0 fully saturated rings. The standard InChI is InChI=1S/C15H14N4O/c1-10-4-3-7-17-14(10)15-18-13(20-19-15)9-11-5-2-6-12(16)8-11/h2-8H,9,16H2,1H3. The van der Waals surface area contributed by atoms with Crippen LogP contribution in [-0.4, -0.2) is 15.1 Å². The average molecular weight is 266 g/mol. The molecule has 0 unspecified atom stereocenters. The van der Waals surface area contributed by atoms with Gasteiger partial charge in [0.1, 0.15) is 5.69 Å². The van der Waals surface area contributed by atoms with Crippen LogP contribution in [0.1, 0.15) is 17.0 Å². The van der Waals surface area contributed by atoms with Crippen molar-refractivity contribution >= 4 is 5.69 Å². The fourth-order valence-corrected chi connectivity index (χ4v) is 2.02. The van der Waals surface area contributed by atoms with Gasteiger partial charge in [-0.25, -0.2) is 0 Å². The summed E-state index contributed by atoms with van der Waals surface area (Å²) in [5, 5.41) is 3.99. The van der Waals surface area contributed by atoms with Gasteiger partial charge < -0.3 is 10.3 Å². The zero-order valence-electron chi connectivity index (χ0n) is 11.1. The molecule has 0 bridgehead atoms. The maximum absolute atomic E-state index is 5.75. The van der Waals surface area contributed by atoms with Gasteiger partial charge in [-0.2, -0.15) is 4.98 Å². The van der Waals surface area contributed by atoms with Crippen LogP contribution in [-0.2, 0) is 6.42 Å². The van der Waals surface area contributed by atoms with Gasteiger partial charge in [-0.1, -0.05) is 23.4 Å². The molecule has 2 N–H and O–H groups in total. The first-order valence-electron chi connectivity index (χ1n) is 6.31. The maximum atomic E-state index is 5.75. The van der Waals surface area contributed by atoms with Gasteiger partial charge in [0.25, 0.3) is 0 Å². The van der Waals surface area contributed by atoms with E-state index in [4.69, 9.17) is 10.3 Å². The van der Waals surface area contributed by atoms with Crippen molar-refractivity contribution in [3.63, 3.8) is 0 Å². The molecule has 0 amide bonds. The SMILES string of the molecule is Cc1cccnc1-c1noc(Cc2cccc(N)c2)n1. The topological polar surface area (TPSA) is 77.8 Å². The number of aromatic nitrogens is 3. The number of nitrogen functional groups attached to an aromatic ring is 1. The molecular formula is C15H14N4O. The first kappa shape index (κ1) is 12.3. The normalized spacial score (nSPS) is 10.7. The molecule has 0 aliphatic carbocycles. The second kappa shape index (κ2) is 5.13. The van der Waals surface area contributed by atoms with Crippen molar-refractivity contribution in [2.45, 2.75) is 13.3 Å². The largest absolute Gasteiger partial charge is 0.399 e. The van der Waals surface area contributed by atoms with Crippen molar-refractivity contribution in [2.24, 2.45) is 0 Å². The highest BCUT2D eigenvalue weighted by Gasteiger charge is 2.12. The van der Waals surface area contributed by atoms with Gasteiger partial charge in [0.15, 0.2) is 0 Å². The number of nitrogens with two attached hydrogens (primary N) is 1. The number of hydrogen-bond acceptors (Lipinski definition) is 5. The molecule has 0 saturated carbocycles. The Morgan fingerprint density at radius 1 is 1.20 bits per heavy atom. The van der Waals surface area contributed by atoms with Crippen molar-refractivity contribution in [2.75, 3.05) is 5.73 Å². The number of anilines is 1. The van der Waals surface area contributed by atoms with Crippen LogP contribution in [0, 0.1) is 6.92 Å². The quantitative estimate of drug-likeness (QED) is 0.737. The minimum absolute atomic E-state index is 0.516. The van der Waals surface area contributed by atoms with Crippen molar-refractivity contribution < 1.29 is 4.52 Å². The number of nitrogens with zero attached hydrogens (tertiary/aromatic N) is 3. The van der Waals surface area contributed by atoms with E-state index in [1.807, 2.05) is 43.3 Å². The van der Waals surface area contributed by atoms with Crippen LogP contribution in [0.2, 0.25) is 0 Å². The van der Waals surface area contributed by atoms with Gasteiger partial charge >= 0.3 is 0 Å². The molecule has 1 aromatic carbocycles. The molecule has 5 nitrogen and oxygen atoms in total. The monoisotopic (exact) mass is 266 g/mol. The van der Waals surface area contributed by atoms with Crippen molar-refractivity contribution in [3.05, 3.63) is 59.6 Å². The van der Waals surface area contributed by atoms with Crippen LogP contribution < -0.4 is 5.73 Å². The van der Waals surface area contributed by atoms with Crippen LogP contribution in [0.3, 0.4) is 0 Å². The van der Waals surface area contributed by atoms with E-state index >= 15 is 0 Å². The van der Waals surface area contributed by atoms with Crippen LogP contribution in [0.15, 0.2) is 47.1 Å². The predicted molar refractivity (Wildman–Crippen MR) is 75.9 cm³/mol. The van der Waals surface area contributed by atoms with Crippen LogP contribution >= 0.6 is 0 Å². The molecular weight excluding hydrogens is 252 g/mol. The number of benzene rings is 1. The summed E-state index contributed by atoms with van der Waals surface area (Å²) in [5.41, 5.74) is 9.28. The summed E-state index contributed by atoms with van der Waals surface area (Å²) in [6.45, 7) is 1.97. The summed E-state index contributed by atoms with van der Waals surface area (Å²) in [7, 11) is 0. The van der Waals surface area contributed by atoms with E-state index in [-0.39, 0.29) is 0 Å². The van der Waals surface area contributed by atoms with Crippen LogP contribution in [0.25, 0.3) is 11.5 Å². The summed E-state index contributed by atoms with van der Waals surface area (Å²) in [4.78, 5) is 8.66. The molecule has 0 aliphatic rings. The molecule has 0 atom stereocenters. The Morgan fingerprint density at radius 2 is 2.10 bits per heavy atom. The average Bonchev–Trinajstić information content (AvgIpc) is 2.87. The van der Waals surface area contributed by atoms with E-state index in [0.29, 0.717) is 18.1 Å². The van der Waals surface area contributed by atoms with Crippen LogP contribution in [0.5, 0.6) is 0 Å². The molecule has 2 heterocycles. The Labute approximate surface area is 116 Å². The van der Waals surface area contributed by atoms with Gasteiger partial charge in [-0.15, -0.1) is 0 Å². The molecule has 100 valence electrons. The lowest BCUT2D eigenvalue weighted by Gasteiger charge is -1.98. The fourth-order valence-electron chi connectivity index (χ4n) is 2.02. The van der Waals surface area contributed by atoms with Crippen LogP contribution in [0.4, 0.5) is 5.69 Å². The third-order valence-electron chi connectivity index (χ3n) is 3.00. The number of aryl methyl sites for hydroxylation is 1. The van der Waals surface area contributed by atoms with Crippen molar-refractivity contribution in [1.29, 1.82) is 0 Å². The fraction of sp³-hybridized carbons (Fsp3) is 0.133. The van der Waals surface area contributed by atoms with E-state index in [1.165, 1.54) is 0 Å². The van der Waals surface area contributed by atoms with E-state index < -0.39 is 0 Å². The lowest BCUT2D eigenvalue weighted by Crippen LogP contribution is -1.92. The highest BCUT2D eigenvalue weighted by atomic mass is 16.5. The zero-order chi connectivity index (χ0) is 13.9. The highest BCUT2D eigenvalue weighted by Crippen LogP contribution is 2.18. The third kappa shape index (κ3) is 2.51. The number of rotatable bonds is 3. The van der Waals surface area contributed by atoms with Crippen molar-refractivity contribution in [1.82, 2.24) is 15.1 Å². The molecule has 0 spiro atoms. The molecule has 5 heteroatoms. The van der Waals surface area contributed by atoms with E-state index in [1.54, 1.807) is 6.20 Å². The summed E-state index contributed by atoms with van der Waals surface area (Å²) < 4.78 is 5.28. The Hall–Kier alpha value is -2.69. The van der Waals surface area contributed by atoms with E-state index in [0.717, 1.165) is 22.5 Å². The molecule has 0 radical (unpaired) electrons. The number of pyridine rings is 1. The summed E-state index contributed by atoms with van der Waals surface area (Å²) in [6.07, 6.45) is 2.28. The molecule has 3 rings (SSSR count). The van der Waals surface area contributed by atoms with Gasteiger partial charge in [0, 0.05) is 11.9 Å². The minimum atomic E-state index is 0.516. The lowest BCUT2D eigenvalue weighted by atomic mass is 10.1. The molecule has 0 saturated heterocycles.